The van der Waals surface area contributed by atoms with Crippen LogP contribution in [0.2, 0.25) is 0 Å². The second-order valence-electron chi connectivity index (χ2n) is 8.35. The number of carbonyl (C=O) groups is 1. The predicted octanol–water partition coefficient (Wildman–Crippen LogP) is 4.54. The molecule has 1 heterocycles. The molecule has 1 saturated heterocycles. The number of methoxy groups -OCH3 is 2. The molecule has 1 fully saturated rings. The molecule has 0 aromatic heterocycles. The van der Waals surface area contributed by atoms with E-state index in [1.165, 1.54) is 5.56 Å². The fraction of sp³-hybridized carbons (Fsp3) is 0.400. The lowest BCUT2D eigenvalue weighted by Crippen LogP contribution is -2.31. The van der Waals surface area contributed by atoms with E-state index < -0.39 is 0 Å². The van der Waals surface area contributed by atoms with Gasteiger partial charge in [-0.3, -0.25) is 4.79 Å². The van der Waals surface area contributed by atoms with Crippen molar-refractivity contribution in [3.05, 3.63) is 59.2 Å². The molecule has 1 amide bonds. The lowest BCUT2D eigenvalue weighted by Gasteiger charge is -2.22. The van der Waals surface area contributed by atoms with E-state index in [9.17, 15) is 4.79 Å². The summed E-state index contributed by atoms with van der Waals surface area (Å²) in [6, 6.07) is 14.0. The quantitative estimate of drug-likeness (QED) is 0.718. The fourth-order valence-corrected chi connectivity index (χ4v) is 3.47. The van der Waals surface area contributed by atoms with Crippen LogP contribution in [-0.4, -0.2) is 31.1 Å². The van der Waals surface area contributed by atoms with Crippen LogP contribution in [0.15, 0.2) is 42.5 Å². The molecular formula is C25H29NO3. The molecule has 0 spiro atoms. The molecule has 1 aliphatic rings. The Morgan fingerprint density at radius 2 is 1.79 bits per heavy atom. The molecular weight excluding hydrogens is 362 g/mol. The first-order chi connectivity index (χ1) is 13.8. The van der Waals surface area contributed by atoms with E-state index >= 15 is 0 Å². The van der Waals surface area contributed by atoms with Crippen molar-refractivity contribution in [2.75, 3.05) is 14.2 Å². The normalized spacial score (nSPS) is 16.4. The van der Waals surface area contributed by atoms with Crippen molar-refractivity contribution in [2.45, 2.75) is 51.6 Å². The zero-order valence-corrected chi connectivity index (χ0v) is 17.9. The van der Waals surface area contributed by atoms with Crippen LogP contribution in [0, 0.1) is 11.8 Å². The highest BCUT2D eigenvalue weighted by molar-refractivity contribution is 5.79. The van der Waals surface area contributed by atoms with Gasteiger partial charge in [0.05, 0.1) is 26.8 Å². The van der Waals surface area contributed by atoms with Crippen molar-refractivity contribution in [1.82, 2.24) is 4.90 Å². The third-order valence-electron chi connectivity index (χ3n) is 5.30. The SMILES string of the molecule is COc1ccc(CN2C(=O)CC[C@@H]2C#Cc2ccc(C(C)(C)C)cc2)c(OC)c1. The number of benzene rings is 2. The number of carbonyl (C=O) groups excluding carboxylic acids is 1. The highest BCUT2D eigenvalue weighted by atomic mass is 16.5. The van der Waals surface area contributed by atoms with Crippen LogP contribution in [0.5, 0.6) is 11.5 Å². The van der Waals surface area contributed by atoms with E-state index in [0.717, 1.165) is 23.3 Å². The predicted molar refractivity (Wildman–Crippen MR) is 115 cm³/mol. The van der Waals surface area contributed by atoms with Crippen LogP contribution in [0.3, 0.4) is 0 Å². The second-order valence-corrected chi connectivity index (χ2v) is 8.35. The van der Waals surface area contributed by atoms with Gasteiger partial charge < -0.3 is 14.4 Å². The van der Waals surface area contributed by atoms with Crippen molar-refractivity contribution in [1.29, 1.82) is 0 Å². The van der Waals surface area contributed by atoms with Crippen molar-refractivity contribution in [3.8, 4) is 23.3 Å². The molecule has 1 atom stereocenters. The minimum absolute atomic E-state index is 0.0865. The Balaban J connectivity index is 1.77. The topological polar surface area (TPSA) is 38.8 Å². The smallest absolute Gasteiger partial charge is 0.223 e. The number of amides is 1. The number of rotatable bonds is 4. The molecule has 0 radical (unpaired) electrons. The summed E-state index contributed by atoms with van der Waals surface area (Å²) in [5.41, 5.74) is 3.33. The summed E-state index contributed by atoms with van der Waals surface area (Å²) in [7, 11) is 3.25. The number of hydrogen-bond donors (Lipinski definition) is 0. The maximum absolute atomic E-state index is 12.5. The summed E-state index contributed by atoms with van der Waals surface area (Å²) >= 11 is 0. The molecule has 0 N–H and O–H groups in total. The summed E-state index contributed by atoms with van der Waals surface area (Å²) in [5.74, 6) is 8.14. The average molecular weight is 392 g/mol. The monoisotopic (exact) mass is 391 g/mol. The first-order valence-corrected chi connectivity index (χ1v) is 9.94. The van der Waals surface area contributed by atoms with Gasteiger partial charge in [-0.15, -0.1) is 0 Å². The van der Waals surface area contributed by atoms with Gasteiger partial charge in [0.25, 0.3) is 0 Å². The molecule has 29 heavy (non-hydrogen) atoms. The van der Waals surface area contributed by atoms with Crippen LogP contribution >= 0.6 is 0 Å². The molecule has 3 rings (SSSR count). The van der Waals surface area contributed by atoms with Gasteiger partial charge in [-0.05, 0) is 41.7 Å². The molecule has 4 nitrogen and oxygen atoms in total. The second kappa shape index (κ2) is 8.61. The third-order valence-corrected chi connectivity index (χ3v) is 5.30. The van der Waals surface area contributed by atoms with Gasteiger partial charge in [-0.25, -0.2) is 0 Å². The summed E-state index contributed by atoms with van der Waals surface area (Å²) in [6.45, 7) is 7.07. The molecule has 2 aromatic rings. The Labute approximate surface area is 173 Å². The summed E-state index contributed by atoms with van der Waals surface area (Å²) in [5, 5.41) is 0. The van der Waals surface area contributed by atoms with Gasteiger partial charge in [0.1, 0.15) is 11.5 Å². The Hall–Kier alpha value is -2.93. The van der Waals surface area contributed by atoms with Crippen LogP contribution in [-0.2, 0) is 16.8 Å². The molecule has 0 saturated carbocycles. The lowest BCUT2D eigenvalue weighted by atomic mass is 9.87. The van der Waals surface area contributed by atoms with Gasteiger partial charge >= 0.3 is 0 Å². The molecule has 0 aliphatic carbocycles. The van der Waals surface area contributed by atoms with E-state index in [-0.39, 0.29) is 17.4 Å². The molecule has 1 aliphatic heterocycles. The largest absolute Gasteiger partial charge is 0.497 e. The van der Waals surface area contributed by atoms with Gasteiger partial charge in [0, 0.05) is 23.6 Å². The van der Waals surface area contributed by atoms with Crippen LogP contribution in [0.1, 0.15) is 50.3 Å². The van der Waals surface area contributed by atoms with Crippen LogP contribution in [0.25, 0.3) is 0 Å². The lowest BCUT2D eigenvalue weighted by molar-refractivity contribution is -0.128. The summed E-state index contributed by atoms with van der Waals surface area (Å²) in [6.07, 6.45) is 1.28. The molecule has 2 aromatic carbocycles. The Morgan fingerprint density at radius 3 is 2.41 bits per heavy atom. The minimum Gasteiger partial charge on any atom is -0.497 e. The van der Waals surface area contributed by atoms with Gasteiger partial charge in [-0.1, -0.05) is 44.7 Å². The summed E-state index contributed by atoms with van der Waals surface area (Å²) in [4.78, 5) is 14.3. The van der Waals surface area contributed by atoms with E-state index in [1.807, 2.05) is 23.1 Å². The Morgan fingerprint density at radius 1 is 1.07 bits per heavy atom. The zero-order valence-electron chi connectivity index (χ0n) is 17.9. The van der Waals surface area contributed by atoms with Crippen molar-refractivity contribution in [3.63, 3.8) is 0 Å². The Kier molecular flexibility index (Phi) is 6.17. The average Bonchev–Trinajstić information content (AvgIpc) is 3.06. The van der Waals surface area contributed by atoms with Gasteiger partial charge in [0.2, 0.25) is 5.91 Å². The Bertz CT molecular complexity index is 929. The van der Waals surface area contributed by atoms with Gasteiger partial charge in [-0.2, -0.15) is 0 Å². The van der Waals surface area contributed by atoms with E-state index in [2.05, 4.69) is 56.9 Å². The maximum atomic E-state index is 12.5. The molecule has 152 valence electrons. The minimum atomic E-state index is -0.0865. The highest BCUT2D eigenvalue weighted by Crippen LogP contribution is 2.29. The standard InChI is InChI=1S/C25H29NO3/c1-25(2,3)20-10-6-18(7-11-20)8-12-21-13-15-24(27)26(21)17-19-9-14-22(28-4)16-23(19)29-5/h6-7,9-11,14,16,21H,13,15,17H2,1-5H3/t21-/m0/s1. The van der Waals surface area contributed by atoms with Crippen molar-refractivity contribution < 1.29 is 14.3 Å². The molecule has 0 unspecified atom stereocenters. The first-order valence-electron chi connectivity index (χ1n) is 9.94. The zero-order chi connectivity index (χ0) is 21.0. The number of nitrogens with zero attached hydrogens (tertiary/aromatic N) is 1. The van der Waals surface area contributed by atoms with Gasteiger partial charge in [0.15, 0.2) is 0 Å². The van der Waals surface area contributed by atoms with E-state index in [0.29, 0.717) is 18.7 Å². The fourth-order valence-electron chi connectivity index (χ4n) is 3.47. The number of likely N-dealkylation sites (tertiary alicyclic amines) is 1. The first kappa shape index (κ1) is 20.8. The van der Waals surface area contributed by atoms with Crippen molar-refractivity contribution in [2.24, 2.45) is 0 Å². The number of hydrogen-bond acceptors (Lipinski definition) is 3. The summed E-state index contributed by atoms with van der Waals surface area (Å²) < 4.78 is 10.7. The van der Waals surface area contributed by atoms with E-state index in [1.54, 1.807) is 14.2 Å². The maximum Gasteiger partial charge on any atom is 0.223 e. The molecule has 0 bridgehead atoms. The van der Waals surface area contributed by atoms with E-state index in [4.69, 9.17) is 9.47 Å². The molecule has 4 heteroatoms. The van der Waals surface area contributed by atoms with Crippen LogP contribution in [0.4, 0.5) is 0 Å². The highest BCUT2D eigenvalue weighted by Gasteiger charge is 2.30. The third kappa shape index (κ3) is 4.92. The van der Waals surface area contributed by atoms with Crippen molar-refractivity contribution >= 4 is 5.91 Å². The van der Waals surface area contributed by atoms with Crippen LogP contribution < -0.4 is 9.47 Å². The number of ether oxygens (including phenoxy) is 2.